The van der Waals surface area contributed by atoms with Crippen molar-refractivity contribution in [1.29, 1.82) is 0 Å². The zero-order valence-corrected chi connectivity index (χ0v) is 24.2. The van der Waals surface area contributed by atoms with Gasteiger partial charge in [0.15, 0.2) is 12.3 Å². The number of guanidine groups is 1. The minimum Gasteiger partial charge on any atom is -0.394 e. The standard InChI is InChI=1S/C29H51N5O6/c1-2-3-4-5-6-7-8-9-10-11-12-13-14-15-16-17-18-30-29-32-26(38)22-23(27(39)33-29)34(20-31-22)28-25(37)24(36)21(19-35)40-28/h20-25,28,35-37H,2-19H2,1H3,(H2,30,32,33,38,39)/t21-,22?,23?,24-,25-,28-/m1/s1. The van der Waals surface area contributed by atoms with Crippen molar-refractivity contribution in [2.45, 2.75) is 146 Å². The first-order valence-corrected chi connectivity index (χ1v) is 15.6. The van der Waals surface area contributed by atoms with Gasteiger partial charge in [0.1, 0.15) is 24.4 Å². The highest BCUT2D eigenvalue weighted by Gasteiger charge is 2.52. The molecular weight excluding hydrogens is 514 g/mol. The number of unbranched alkanes of at least 4 members (excludes halogenated alkanes) is 15. The largest absolute Gasteiger partial charge is 0.394 e. The van der Waals surface area contributed by atoms with E-state index in [0.717, 1.165) is 19.3 Å². The van der Waals surface area contributed by atoms with Crippen molar-refractivity contribution in [2.75, 3.05) is 13.2 Å². The molecule has 0 spiro atoms. The van der Waals surface area contributed by atoms with E-state index < -0.39 is 55.0 Å². The number of aliphatic hydroxyl groups is 3. The van der Waals surface area contributed by atoms with Gasteiger partial charge in [-0.2, -0.15) is 0 Å². The van der Waals surface area contributed by atoms with Crippen LogP contribution in [0.25, 0.3) is 0 Å². The number of hydrogen-bond donors (Lipinski definition) is 5. The molecule has 6 atom stereocenters. The molecule has 3 heterocycles. The number of ether oxygens (including phenoxy) is 1. The lowest BCUT2D eigenvalue weighted by molar-refractivity contribution is -0.134. The molecule has 0 aromatic rings. The highest BCUT2D eigenvalue weighted by atomic mass is 16.6. The Kier molecular flexibility index (Phi) is 14.3. The van der Waals surface area contributed by atoms with Crippen molar-refractivity contribution in [3.63, 3.8) is 0 Å². The molecule has 3 aliphatic rings. The van der Waals surface area contributed by atoms with E-state index in [1.807, 2.05) is 0 Å². The number of aliphatic imine (C=N–C) groups is 2. The minimum absolute atomic E-state index is 0.0988. The van der Waals surface area contributed by atoms with Gasteiger partial charge in [0.25, 0.3) is 11.8 Å². The van der Waals surface area contributed by atoms with Gasteiger partial charge in [0.05, 0.1) is 12.9 Å². The van der Waals surface area contributed by atoms with Gasteiger partial charge in [0.2, 0.25) is 5.96 Å². The van der Waals surface area contributed by atoms with Crippen LogP contribution >= 0.6 is 0 Å². The molecule has 0 aromatic heterocycles. The zero-order valence-electron chi connectivity index (χ0n) is 24.2. The highest BCUT2D eigenvalue weighted by molar-refractivity contribution is 6.13. The molecule has 3 aliphatic heterocycles. The third kappa shape index (κ3) is 9.49. The second-order valence-corrected chi connectivity index (χ2v) is 11.3. The number of amides is 2. The molecule has 40 heavy (non-hydrogen) atoms. The fourth-order valence-corrected chi connectivity index (χ4v) is 5.65. The van der Waals surface area contributed by atoms with Crippen LogP contribution in [0, 0.1) is 0 Å². The molecule has 2 saturated heterocycles. The molecule has 0 bridgehead atoms. The molecule has 3 rings (SSSR count). The predicted octanol–water partition coefficient (Wildman–Crippen LogP) is 2.37. The highest BCUT2D eigenvalue weighted by Crippen LogP contribution is 2.29. The van der Waals surface area contributed by atoms with Crippen molar-refractivity contribution in [3.05, 3.63) is 0 Å². The molecule has 0 aromatic carbocycles. The van der Waals surface area contributed by atoms with Gasteiger partial charge in [0, 0.05) is 6.54 Å². The smallest absolute Gasteiger partial charge is 0.254 e. The van der Waals surface area contributed by atoms with E-state index in [-0.39, 0.29) is 5.96 Å². The summed E-state index contributed by atoms with van der Waals surface area (Å²) < 4.78 is 5.53. The molecule has 0 radical (unpaired) electrons. The summed E-state index contributed by atoms with van der Waals surface area (Å²) in [7, 11) is 0. The first-order valence-electron chi connectivity index (χ1n) is 15.6. The SMILES string of the molecule is CCCCCCCCCCCCCCCCCCN=C1NC(=O)C2N=CN([C@@H]3O[C@H](CO)[C@@H](O)[C@H]3O)C2C(=O)N1. The van der Waals surface area contributed by atoms with Crippen LogP contribution in [0.5, 0.6) is 0 Å². The number of rotatable bonds is 19. The molecule has 2 unspecified atom stereocenters. The molecule has 5 N–H and O–H groups in total. The fraction of sp³-hybridized carbons (Fsp3) is 0.862. The van der Waals surface area contributed by atoms with Gasteiger partial charge >= 0.3 is 0 Å². The number of hydrogen-bond acceptors (Lipinski definition) is 9. The normalized spacial score (nSPS) is 29.1. The lowest BCUT2D eigenvalue weighted by Gasteiger charge is -2.31. The van der Waals surface area contributed by atoms with Crippen molar-refractivity contribution < 1.29 is 29.6 Å². The van der Waals surface area contributed by atoms with E-state index in [2.05, 4.69) is 27.5 Å². The van der Waals surface area contributed by atoms with Crippen LogP contribution in [0.3, 0.4) is 0 Å². The van der Waals surface area contributed by atoms with Crippen LogP contribution < -0.4 is 10.6 Å². The Hall–Kier alpha value is -2.08. The van der Waals surface area contributed by atoms with Gasteiger partial charge < -0.3 is 25.0 Å². The van der Waals surface area contributed by atoms with E-state index in [4.69, 9.17) is 4.74 Å². The Morgan fingerprint density at radius 3 is 1.88 bits per heavy atom. The average Bonchev–Trinajstić information content (AvgIpc) is 3.47. The maximum absolute atomic E-state index is 13.0. The Balaban J connectivity index is 1.27. The van der Waals surface area contributed by atoms with Crippen LogP contribution in [0.2, 0.25) is 0 Å². The lowest BCUT2D eigenvalue weighted by atomic mass is 10.0. The molecule has 0 saturated carbocycles. The number of nitrogens with zero attached hydrogens (tertiary/aromatic N) is 3. The summed E-state index contributed by atoms with van der Waals surface area (Å²) in [5.74, 6) is -0.898. The van der Waals surface area contributed by atoms with Crippen LogP contribution in [0.15, 0.2) is 9.98 Å². The second kappa shape index (κ2) is 17.7. The molecular formula is C29H51N5O6. The molecule has 2 fully saturated rings. The first-order chi connectivity index (χ1) is 19.5. The van der Waals surface area contributed by atoms with Crippen molar-refractivity contribution in [2.24, 2.45) is 9.98 Å². The average molecular weight is 566 g/mol. The zero-order chi connectivity index (χ0) is 28.7. The molecule has 2 amide bonds. The van der Waals surface area contributed by atoms with Crippen LogP contribution in [-0.2, 0) is 14.3 Å². The van der Waals surface area contributed by atoms with Gasteiger partial charge in [-0.25, -0.2) is 0 Å². The summed E-state index contributed by atoms with van der Waals surface area (Å²) in [6.07, 6.45) is 17.1. The molecule has 11 heteroatoms. The van der Waals surface area contributed by atoms with Crippen molar-refractivity contribution >= 4 is 24.1 Å². The quantitative estimate of drug-likeness (QED) is 0.151. The third-order valence-electron chi connectivity index (χ3n) is 8.09. The summed E-state index contributed by atoms with van der Waals surface area (Å²) in [6, 6.07) is -2.10. The predicted molar refractivity (Wildman–Crippen MR) is 154 cm³/mol. The van der Waals surface area contributed by atoms with Crippen LogP contribution in [-0.4, -0.2) is 94.1 Å². The molecule has 0 aliphatic carbocycles. The Morgan fingerprint density at radius 1 is 0.825 bits per heavy atom. The van der Waals surface area contributed by atoms with Gasteiger partial charge in [-0.15, -0.1) is 0 Å². The molecule has 228 valence electrons. The van der Waals surface area contributed by atoms with E-state index in [9.17, 15) is 24.9 Å². The summed E-state index contributed by atoms with van der Waals surface area (Å²) in [4.78, 5) is 35.6. The third-order valence-corrected chi connectivity index (χ3v) is 8.09. The fourth-order valence-electron chi connectivity index (χ4n) is 5.65. The Labute approximate surface area is 238 Å². The lowest BCUT2D eigenvalue weighted by Crippen LogP contribution is -2.55. The number of aliphatic hydroxyl groups excluding tert-OH is 3. The molecule has 11 nitrogen and oxygen atoms in total. The number of nitrogens with one attached hydrogen (secondary N) is 2. The minimum atomic E-state index is -1.37. The van der Waals surface area contributed by atoms with Gasteiger partial charge in [-0.05, 0) is 6.42 Å². The number of carbonyl (C=O) groups is 2. The van der Waals surface area contributed by atoms with E-state index >= 15 is 0 Å². The maximum atomic E-state index is 13.0. The topological polar surface area (TPSA) is 156 Å². The van der Waals surface area contributed by atoms with Crippen molar-refractivity contribution in [1.82, 2.24) is 15.5 Å². The summed E-state index contributed by atoms with van der Waals surface area (Å²) >= 11 is 0. The summed E-state index contributed by atoms with van der Waals surface area (Å²) in [5, 5.41) is 35.1. The second-order valence-electron chi connectivity index (χ2n) is 11.3. The van der Waals surface area contributed by atoms with Crippen LogP contribution in [0.1, 0.15) is 110 Å². The van der Waals surface area contributed by atoms with Gasteiger partial charge in [-0.1, -0.05) is 103 Å². The maximum Gasteiger partial charge on any atom is 0.254 e. The first kappa shape index (κ1) is 32.4. The number of carbonyl (C=O) groups excluding carboxylic acids is 2. The Morgan fingerprint density at radius 2 is 1.35 bits per heavy atom. The Bertz CT molecular complexity index is 840. The van der Waals surface area contributed by atoms with E-state index in [1.54, 1.807) is 0 Å². The van der Waals surface area contributed by atoms with Crippen LogP contribution in [0.4, 0.5) is 0 Å². The summed E-state index contributed by atoms with van der Waals surface area (Å²) in [6.45, 7) is 2.26. The monoisotopic (exact) mass is 565 g/mol. The van der Waals surface area contributed by atoms with Gasteiger partial charge in [-0.3, -0.25) is 30.2 Å². The van der Waals surface area contributed by atoms with E-state index in [0.29, 0.717) is 6.54 Å². The summed E-state index contributed by atoms with van der Waals surface area (Å²) in [5.41, 5.74) is 0. The van der Waals surface area contributed by atoms with E-state index in [1.165, 1.54) is 94.7 Å². The number of fused-ring (bicyclic) bond motifs is 1. The van der Waals surface area contributed by atoms with Crippen molar-refractivity contribution in [3.8, 4) is 0 Å².